The van der Waals surface area contributed by atoms with E-state index in [4.69, 9.17) is 0 Å². The number of rotatable bonds is 3. The van der Waals surface area contributed by atoms with Crippen LogP contribution in [-0.2, 0) is 4.79 Å². The Bertz CT molecular complexity index is 387. The van der Waals surface area contributed by atoms with Crippen LogP contribution in [0.5, 0.6) is 0 Å². The summed E-state index contributed by atoms with van der Waals surface area (Å²) in [7, 11) is 0. The van der Waals surface area contributed by atoms with E-state index in [0.717, 1.165) is 58.4 Å². The average Bonchev–Trinajstić information content (AvgIpc) is 2.70. The quantitative estimate of drug-likeness (QED) is 0.722. The summed E-state index contributed by atoms with van der Waals surface area (Å²) < 4.78 is 0. The molecule has 0 aromatic carbocycles. The van der Waals surface area contributed by atoms with E-state index in [0.29, 0.717) is 6.54 Å². The highest BCUT2D eigenvalue weighted by molar-refractivity contribution is 6.07. The molecule has 3 amide bonds. The number of hydrogen-bond donors (Lipinski definition) is 2. The molecule has 6 heteroatoms. The van der Waals surface area contributed by atoms with Gasteiger partial charge in [0.05, 0.1) is 0 Å². The number of nitrogens with zero attached hydrogens (tertiary/aromatic N) is 2. The van der Waals surface area contributed by atoms with Crippen molar-refractivity contribution in [2.75, 3.05) is 39.3 Å². The molecule has 0 radical (unpaired) electrons. The number of urea groups is 1. The molecule has 0 aromatic heterocycles. The van der Waals surface area contributed by atoms with Crippen molar-refractivity contribution < 1.29 is 9.59 Å². The molecule has 1 spiro atoms. The first-order chi connectivity index (χ1) is 9.71. The molecule has 20 heavy (non-hydrogen) atoms. The molecule has 1 saturated carbocycles. The molecule has 3 fully saturated rings. The third-order valence-corrected chi connectivity index (χ3v) is 4.80. The fourth-order valence-corrected chi connectivity index (χ4v) is 3.55. The minimum atomic E-state index is -0.571. The second-order valence-electron chi connectivity index (χ2n) is 6.12. The number of hydrogen-bond acceptors (Lipinski definition) is 4. The third-order valence-electron chi connectivity index (χ3n) is 4.80. The lowest BCUT2D eigenvalue weighted by Gasteiger charge is -2.31. The van der Waals surface area contributed by atoms with Crippen molar-refractivity contribution in [3.05, 3.63) is 0 Å². The van der Waals surface area contributed by atoms with E-state index in [1.807, 2.05) is 0 Å². The second kappa shape index (κ2) is 5.69. The summed E-state index contributed by atoms with van der Waals surface area (Å²) in [4.78, 5) is 28.4. The Morgan fingerprint density at radius 2 is 1.70 bits per heavy atom. The van der Waals surface area contributed by atoms with Crippen molar-refractivity contribution in [3.63, 3.8) is 0 Å². The second-order valence-corrected chi connectivity index (χ2v) is 6.12. The number of carbonyl (C=O) groups excluding carboxylic acids is 2. The van der Waals surface area contributed by atoms with Gasteiger partial charge in [-0.3, -0.25) is 14.6 Å². The van der Waals surface area contributed by atoms with Crippen LogP contribution in [0.2, 0.25) is 0 Å². The van der Waals surface area contributed by atoms with E-state index < -0.39 is 5.54 Å². The lowest BCUT2D eigenvalue weighted by atomic mass is 9.82. The maximum atomic E-state index is 12.6. The van der Waals surface area contributed by atoms with Gasteiger partial charge in [0.25, 0.3) is 5.91 Å². The van der Waals surface area contributed by atoms with Crippen molar-refractivity contribution in [2.45, 2.75) is 37.6 Å². The van der Waals surface area contributed by atoms with Gasteiger partial charge in [-0.2, -0.15) is 0 Å². The molecule has 6 nitrogen and oxygen atoms in total. The first-order valence-corrected chi connectivity index (χ1v) is 7.78. The standard InChI is InChI=1S/C14H24N4O2/c19-12-14(4-2-1-3-5-14)16-13(20)18(12)11-10-17-8-6-15-7-9-17/h15H,1-11H2,(H,16,20). The van der Waals surface area contributed by atoms with Gasteiger partial charge in [-0.1, -0.05) is 19.3 Å². The Kier molecular flexibility index (Phi) is 3.94. The van der Waals surface area contributed by atoms with Crippen LogP contribution in [0.1, 0.15) is 32.1 Å². The van der Waals surface area contributed by atoms with E-state index in [-0.39, 0.29) is 11.9 Å². The van der Waals surface area contributed by atoms with Crippen molar-refractivity contribution in [1.82, 2.24) is 20.4 Å². The summed E-state index contributed by atoms with van der Waals surface area (Å²) in [5, 5.41) is 6.27. The van der Waals surface area contributed by atoms with E-state index in [9.17, 15) is 9.59 Å². The van der Waals surface area contributed by atoms with Crippen molar-refractivity contribution in [2.24, 2.45) is 0 Å². The van der Waals surface area contributed by atoms with E-state index in [1.54, 1.807) is 0 Å². The summed E-state index contributed by atoms with van der Waals surface area (Å²) in [5.41, 5.74) is -0.571. The largest absolute Gasteiger partial charge is 0.325 e. The summed E-state index contributed by atoms with van der Waals surface area (Å²) >= 11 is 0. The molecule has 0 atom stereocenters. The summed E-state index contributed by atoms with van der Waals surface area (Å²) in [6, 6.07) is -0.188. The van der Waals surface area contributed by atoms with Crippen LogP contribution in [0.4, 0.5) is 4.79 Å². The molecule has 1 aliphatic carbocycles. The molecule has 2 heterocycles. The molecule has 2 saturated heterocycles. The van der Waals surface area contributed by atoms with E-state index in [2.05, 4.69) is 15.5 Å². The van der Waals surface area contributed by atoms with E-state index in [1.165, 1.54) is 11.3 Å². The van der Waals surface area contributed by atoms with Gasteiger partial charge in [0.1, 0.15) is 5.54 Å². The molecule has 3 aliphatic rings. The molecule has 2 N–H and O–H groups in total. The summed E-state index contributed by atoms with van der Waals surface area (Å²) in [5.74, 6) is 0.0114. The van der Waals surface area contributed by atoms with Crippen LogP contribution >= 0.6 is 0 Å². The zero-order chi connectivity index (χ0) is 14.0. The molecule has 3 rings (SSSR count). The Morgan fingerprint density at radius 1 is 1.00 bits per heavy atom. The molecule has 2 aliphatic heterocycles. The van der Waals surface area contributed by atoms with Crippen LogP contribution in [0.3, 0.4) is 0 Å². The van der Waals surface area contributed by atoms with Crippen LogP contribution in [0, 0.1) is 0 Å². The van der Waals surface area contributed by atoms with Gasteiger partial charge in [0, 0.05) is 39.3 Å². The number of piperazine rings is 1. The third kappa shape index (κ3) is 2.54. The van der Waals surface area contributed by atoms with Gasteiger partial charge in [-0.05, 0) is 12.8 Å². The topological polar surface area (TPSA) is 64.7 Å². The van der Waals surface area contributed by atoms with Crippen molar-refractivity contribution in [1.29, 1.82) is 0 Å². The first-order valence-electron chi connectivity index (χ1n) is 7.78. The lowest BCUT2D eigenvalue weighted by molar-refractivity contribution is -0.132. The molecule has 0 unspecified atom stereocenters. The van der Waals surface area contributed by atoms with E-state index >= 15 is 0 Å². The maximum Gasteiger partial charge on any atom is 0.325 e. The van der Waals surface area contributed by atoms with Crippen molar-refractivity contribution in [3.8, 4) is 0 Å². The van der Waals surface area contributed by atoms with Crippen molar-refractivity contribution >= 4 is 11.9 Å². The predicted molar refractivity (Wildman–Crippen MR) is 75.4 cm³/mol. The fraction of sp³-hybridized carbons (Fsp3) is 0.857. The number of nitrogens with one attached hydrogen (secondary N) is 2. The number of amides is 3. The van der Waals surface area contributed by atoms with Gasteiger partial charge in [0.15, 0.2) is 0 Å². The minimum absolute atomic E-state index is 0.0114. The maximum absolute atomic E-state index is 12.6. The van der Waals surface area contributed by atoms with Gasteiger partial charge >= 0.3 is 6.03 Å². The first kappa shape index (κ1) is 13.8. The van der Waals surface area contributed by atoms with Crippen LogP contribution in [-0.4, -0.2) is 66.5 Å². The van der Waals surface area contributed by atoms with Crippen LogP contribution in [0.25, 0.3) is 0 Å². The Hall–Kier alpha value is -1.14. The van der Waals surface area contributed by atoms with Crippen LogP contribution < -0.4 is 10.6 Å². The normalized spacial score (nSPS) is 27.1. The van der Waals surface area contributed by atoms with Gasteiger partial charge in [-0.25, -0.2) is 4.79 Å². The highest BCUT2D eigenvalue weighted by Crippen LogP contribution is 2.33. The molecule has 0 bridgehead atoms. The lowest BCUT2D eigenvalue weighted by Crippen LogP contribution is -2.49. The minimum Gasteiger partial charge on any atom is -0.323 e. The number of carbonyl (C=O) groups is 2. The van der Waals surface area contributed by atoms with Gasteiger partial charge in [0.2, 0.25) is 0 Å². The molecule has 0 aromatic rings. The molecule has 112 valence electrons. The molecular weight excluding hydrogens is 256 g/mol. The monoisotopic (exact) mass is 280 g/mol. The zero-order valence-electron chi connectivity index (χ0n) is 12.0. The average molecular weight is 280 g/mol. The predicted octanol–water partition coefficient (Wildman–Crippen LogP) is 0.146. The molecular formula is C14H24N4O2. The Labute approximate surface area is 119 Å². The highest BCUT2D eigenvalue weighted by atomic mass is 16.2. The zero-order valence-corrected chi connectivity index (χ0v) is 12.0. The smallest absolute Gasteiger partial charge is 0.323 e. The Morgan fingerprint density at radius 3 is 2.40 bits per heavy atom. The summed E-state index contributed by atoms with van der Waals surface area (Å²) in [6.45, 7) is 5.28. The highest BCUT2D eigenvalue weighted by Gasteiger charge is 2.50. The van der Waals surface area contributed by atoms with Gasteiger partial charge in [-0.15, -0.1) is 0 Å². The fourth-order valence-electron chi connectivity index (χ4n) is 3.55. The number of imide groups is 1. The summed E-state index contributed by atoms with van der Waals surface area (Å²) in [6.07, 6.45) is 4.87. The van der Waals surface area contributed by atoms with Crippen LogP contribution in [0.15, 0.2) is 0 Å². The Balaban J connectivity index is 1.58. The van der Waals surface area contributed by atoms with Gasteiger partial charge < -0.3 is 10.6 Å². The SMILES string of the molecule is O=C1NC2(CCCCC2)C(=O)N1CCN1CCNCC1.